The Balaban J connectivity index is 1.93. The van der Waals surface area contributed by atoms with Crippen LogP contribution in [0.2, 0.25) is 0 Å². The van der Waals surface area contributed by atoms with Gasteiger partial charge in [-0.05, 0) is 12.1 Å². The molecule has 1 heterocycles. The van der Waals surface area contributed by atoms with Crippen LogP contribution in [0.25, 0.3) is 0 Å². The number of aliphatic hydroxyl groups excluding tert-OH is 1. The van der Waals surface area contributed by atoms with Crippen molar-refractivity contribution in [3.05, 3.63) is 35.9 Å². The number of aliphatic hydroxyl groups is 1. The standard InChI is InChI=1S/C12H16N2O3/c13-11-7-14(6-10(11)8-15)17-12(16)9-4-2-1-3-5-9/h1-5,10-11,15H,6-8,13H2/t10-,11?/m0/s1. The number of hydroxylamine groups is 2. The molecule has 5 nitrogen and oxygen atoms in total. The van der Waals surface area contributed by atoms with Gasteiger partial charge in [0.2, 0.25) is 0 Å². The van der Waals surface area contributed by atoms with E-state index >= 15 is 0 Å². The van der Waals surface area contributed by atoms with Gasteiger partial charge in [0.25, 0.3) is 0 Å². The molecule has 0 saturated carbocycles. The molecule has 1 fully saturated rings. The molecule has 0 bridgehead atoms. The Bertz CT molecular complexity index is 383. The van der Waals surface area contributed by atoms with Crippen LogP contribution in [-0.4, -0.2) is 41.9 Å². The molecule has 3 N–H and O–H groups in total. The molecule has 92 valence electrons. The highest BCUT2D eigenvalue weighted by molar-refractivity contribution is 5.89. The summed E-state index contributed by atoms with van der Waals surface area (Å²) in [7, 11) is 0. The van der Waals surface area contributed by atoms with Gasteiger partial charge in [-0.1, -0.05) is 18.2 Å². The summed E-state index contributed by atoms with van der Waals surface area (Å²) in [6.07, 6.45) is 0. The van der Waals surface area contributed by atoms with Gasteiger partial charge in [-0.2, -0.15) is 0 Å². The molecular weight excluding hydrogens is 220 g/mol. The number of hydrogen-bond donors (Lipinski definition) is 2. The minimum Gasteiger partial charge on any atom is -0.396 e. The van der Waals surface area contributed by atoms with Crippen LogP contribution < -0.4 is 5.73 Å². The first-order valence-electron chi connectivity index (χ1n) is 5.59. The average Bonchev–Trinajstić information content (AvgIpc) is 2.70. The molecule has 17 heavy (non-hydrogen) atoms. The third-order valence-electron chi connectivity index (χ3n) is 2.91. The van der Waals surface area contributed by atoms with Crippen LogP contribution in [0.3, 0.4) is 0 Å². The summed E-state index contributed by atoms with van der Waals surface area (Å²) in [4.78, 5) is 16.9. The predicted molar refractivity (Wildman–Crippen MR) is 62.0 cm³/mol. The van der Waals surface area contributed by atoms with Gasteiger partial charge in [-0.15, -0.1) is 5.06 Å². The summed E-state index contributed by atoms with van der Waals surface area (Å²) in [5, 5.41) is 10.6. The maximum absolute atomic E-state index is 11.7. The summed E-state index contributed by atoms with van der Waals surface area (Å²) in [5.74, 6) is -0.421. The zero-order valence-electron chi connectivity index (χ0n) is 9.45. The van der Waals surface area contributed by atoms with Gasteiger partial charge in [0.05, 0.1) is 12.1 Å². The van der Waals surface area contributed by atoms with Gasteiger partial charge < -0.3 is 15.7 Å². The summed E-state index contributed by atoms with van der Waals surface area (Å²) in [5.41, 5.74) is 6.31. The number of nitrogens with zero attached hydrogens (tertiary/aromatic N) is 1. The van der Waals surface area contributed by atoms with Crippen LogP contribution in [0, 0.1) is 5.92 Å². The molecular formula is C12H16N2O3. The van der Waals surface area contributed by atoms with Crippen molar-refractivity contribution in [3.8, 4) is 0 Å². The predicted octanol–water partition coefficient (Wildman–Crippen LogP) is 0.00980. The topological polar surface area (TPSA) is 75.8 Å². The van der Waals surface area contributed by atoms with Gasteiger partial charge in [-0.3, -0.25) is 0 Å². The number of carbonyl (C=O) groups excluding carboxylic acids is 1. The molecule has 0 aliphatic carbocycles. The minimum absolute atomic E-state index is 0.0144. The highest BCUT2D eigenvalue weighted by Gasteiger charge is 2.32. The lowest BCUT2D eigenvalue weighted by atomic mass is 10.1. The molecule has 1 saturated heterocycles. The molecule has 1 unspecified atom stereocenters. The summed E-state index contributed by atoms with van der Waals surface area (Å²) >= 11 is 0. The lowest BCUT2D eigenvalue weighted by Gasteiger charge is -2.14. The van der Waals surface area contributed by atoms with Gasteiger partial charge in [0.15, 0.2) is 0 Å². The molecule has 1 aromatic carbocycles. The van der Waals surface area contributed by atoms with Crippen LogP contribution in [0.5, 0.6) is 0 Å². The van der Waals surface area contributed by atoms with Gasteiger partial charge in [-0.25, -0.2) is 4.79 Å². The number of nitrogens with two attached hydrogens (primary N) is 1. The van der Waals surface area contributed by atoms with E-state index in [1.807, 2.05) is 6.07 Å². The van der Waals surface area contributed by atoms with E-state index < -0.39 is 5.97 Å². The maximum Gasteiger partial charge on any atom is 0.357 e. The van der Waals surface area contributed by atoms with Crippen molar-refractivity contribution in [3.63, 3.8) is 0 Å². The van der Waals surface area contributed by atoms with E-state index in [9.17, 15) is 4.79 Å². The Morgan fingerprint density at radius 1 is 1.41 bits per heavy atom. The lowest BCUT2D eigenvalue weighted by Crippen LogP contribution is -2.31. The maximum atomic E-state index is 11.7. The van der Waals surface area contributed by atoms with Crippen molar-refractivity contribution in [1.82, 2.24) is 5.06 Å². The first kappa shape index (κ1) is 12.0. The van der Waals surface area contributed by atoms with Crippen molar-refractivity contribution in [2.75, 3.05) is 19.7 Å². The SMILES string of the molecule is NC1CN(OC(=O)c2ccccc2)C[C@H]1CO. The highest BCUT2D eigenvalue weighted by Crippen LogP contribution is 2.16. The second-order valence-electron chi connectivity index (χ2n) is 4.20. The Labute approximate surface area is 99.7 Å². The normalized spacial score (nSPS) is 24.8. The molecule has 0 aromatic heterocycles. The van der Waals surface area contributed by atoms with E-state index in [-0.39, 0.29) is 18.6 Å². The molecule has 1 aromatic rings. The molecule has 0 radical (unpaired) electrons. The molecule has 1 aliphatic rings. The van der Waals surface area contributed by atoms with E-state index in [0.29, 0.717) is 18.7 Å². The Hall–Kier alpha value is -1.43. The Morgan fingerprint density at radius 2 is 2.12 bits per heavy atom. The van der Waals surface area contributed by atoms with Crippen molar-refractivity contribution in [2.24, 2.45) is 11.7 Å². The highest BCUT2D eigenvalue weighted by atomic mass is 16.7. The fourth-order valence-electron chi connectivity index (χ4n) is 1.87. The van der Waals surface area contributed by atoms with Gasteiger partial charge >= 0.3 is 5.97 Å². The van der Waals surface area contributed by atoms with Crippen molar-refractivity contribution in [1.29, 1.82) is 0 Å². The number of rotatable bonds is 3. The van der Waals surface area contributed by atoms with Gasteiger partial charge in [0.1, 0.15) is 0 Å². The van der Waals surface area contributed by atoms with Crippen LogP contribution in [-0.2, 0) is 4.84 Å². The second-order valence-corrected chi connectivity index (χ2v) is 4.20. The van der Waals surface area contributed by atoms with Crippen LogP contribution >= 0.6 is 0 Å². The Morgan fingerprint density at radius 3 is 2.71 bits per heavy atom. The number of hydrogen-bond acceptors (Lipinski definition) is 5. The molecule has 5 heteroatoms. The largest absolute Gasteiger partial charge is 0.396 e. The molecule has 0 amide bonds. The second kappa shape index (κ2) is 5.27. The Kier molecular flexibility index (Phi) is 3.73. The first-order chi connectivity index (χ1) is 8.20. The zero-order valence-corrected chi connectivity index (χ0v) is 9.45. The molecule has 2 atom stereocenters. The average molecular weight is 236 g/mol. The van der Waals surface area contributed by atoms with E-state index in [4.69, 9.17) is 15.7 Å². The first-order valence-corrected chi connectivity index (χ1v) is 5.59. The monoisotopic (exact) mass is 236 g/mol. The summed E-state index contributed by atoms with van der Waals surface area (Å²) in [6.45, 7) is 0.959. The third-order valence-corrected chi connectivity index (χ3v) is 2.91. The van der Waals surface area contributed by atoms with E-state index in [0.717, 1.165) is 0 Å². The van der Waals surface area contributed by atoms with E-state index in [1.54, 1.807) is 24.3 Å². The molecule has 1 aliphatic heterocycles. The summed E-state index contributed by atoms with van der Waals surface area (Å²) in [6, 6.07) is 8.64. The zero-order chi connectivity index (χ0) is 12.3. The molecule has 2 rings (SSSR count). The lowest BCUT2D eigenvalue weighted by molar-refractivity contribution is -0.0965. The summed E-state index contributed by atoms with van der Waals surface area (Å²) < 4.78 is 0. The van der Waals surface area contributed by atoms with E-state index in [2.05, 4.69) is 0 Å². The van der Waals surface area contributed by atoms with Crippen molar-refractivity contribution in [2.45, 2.75) is 6.04 Å². The smallest absolute Gasteiger partial charge is 0.357 e. The number of benzene rings is 1. The van der Waals surface area contributed by atoms with Crippen LogP contribution in [0.4, 0.5) is 0 Å². The number of carbonyl (C=O) groups is 1. The van der Waals surface area contributed by atoms with Crippen molar-refractivity contribution < 1.29 is 14.7 Å². The third kappa shape index (κ3) is 2.82. The van der Waals surface area contributed by atoms with Crippen LogP contribution in [0.15, 0.2) is 30.3 Å². The van der Waals surface area contributed by atoms with Crippen LogP contribution in [0.1, 0.15) is 10.4 Å². The minimum atomic E-state index is -0.392. The fourth-order valence-corrected chi connectivity index (χ4v) is 1.87. The fraction of sp³-hybridized carbons (Fsp3) is 0.417. The van der Waals surface area contributed by atoms with Crippen molar-refractivity contribution >= 4 is 5.97 Å². The van der Waals surface area contributed by atoms with Gasteiger partial charge in [0, 0.05) is 25.1 Å². The quantitative estimate of drug-likeness (QED) is 0.773. The van der Waals surface area contributed by atoms with E-state index in [1.165, 1.54) is 5.06 Å². The molecule has 0 spiro atoms.